The van der Waals surface area contributed by atoms with Crippen molar-refractivity contribution in [2.45, 2.75) is 83.1 Å². The molecule has 4 nitrogen and oxygen atoms in total. The fourth-order valence-corrected chi connectivity index (χ4v) is 6.56. The van der Waals surface area contributed by atoms with E-state index in [1.807, 2.05) is 30.3 Å². The molecule has 0 aliphatic carbocycles. The van der Waals surface area contributed by atoms with Gasteiger partial charge in [-0.25, -0.2) is 0 Å². The molecule has 1 rings (SSSR count). The van der Waals surface area contributed by atoms with Crippen LogP contribution in [0.5, 0.6) is 0 Å². The average Bonchev–Trinajstić information content (AvgIpc) is 2.59. The number of hydrogen-bond donors (Lipinski definition) is 0. The van der Waals surface area contributed by atoms with Crippen LogP contribution in [-0.4, -0.2) is 26.4 Å². The number of benzene rings is 1. The molecule has 0 aliphatic rings. The molecule has 182 valence electrons. The summed E-state index contributed by atoms with van der Waals surface area (Å²) in [6, 6.07) is 10.0. The third kappa shape index (κ3) is 9.88. The first-order chi connectivity index (χ1) is 13.8. The van der Waals surface area contributed by atoms with E-state index in [0.29, 0.717) is 26.4 Å². The maximum absolute atomic E-state index is 6.82. The molecule has 5 heteroatoms. The Kier molecular flexibility index (Phi) is 8.99. The van der Waals surface area contributed by atoms with Crippen molar-refractivity contribution >= 4 is 12.8 Å². The van der Waals surface area contributed by atoms with Gasteiger partial charge in [-0.05, 0) is 0 Å². The van der Waals surface area contributed by atoms with Crippen LogP contribution in [-0.2, 0) is 18.1 Å². The first-order valence-electron chi connectivity index (χ1n) is 11.4. The van der Waals surface area contributed by atoms with Crippen molar-refractivity contribution in [2.75, 3.05) is 26.4 Å². The molecule has 0 aliphatic heterocycles. The Bertz CT molecular complexity index is 589. The van der Waals surface area contributed by atoms with Crippen LogP contribution in [0.3, 0.4) is 0 Å². The molecule has 0 radical (unpaired) electrons. The SMILES string of the molecule is CC(C)(C)COP(OCC(C)(C)C)(OCC(C)(C)C)(OCC(C)(C)C)c1ccccc1. The van der Waals surface area contributed by atoms with Gasteiger partial charge in [0.05, 0.1) is 0 Å². The van der Waals surface area contributed by atoms with Crippen LogP contribution in [0.15, 0.2) is 30.3 Å². The van der Waals surface area contributed by atoms with E-state index in [4.69, 9.17) is 18.1 Å². The maximum atomic E-state index is 6.82. The summed E-state index contributed by atoms with van der Waals surface area (Å²) in [5.41, 5.74) is -0.336. The van der Waals surface area contributed by atoms with E-state index in [9.17, 15) is 0 Å². The molecule has 31 heavy (non-hydrogen) atoms. The topological polar surface area (TPSA) is 36.9 Å². The number of hydrogen-bond acceptors (Lipinski definition) is 4. The third-order valence-corrected chi connectivity index (χ3v) is 7.50. The minimum atomic E-state index is -4.17. The summed E-state index contributed by atoms with van der Waals surface area (Å²) in [5.74, 6) is 0. The van der Waals surface area contributed by atoms with Gasteiger partial charge in [0.1, 0.15) is 0 Å². The fourth-order valence-electron chi connectivity index (χ4n) is 2.41. The number of rotatable bonds is 9. The van der Waals surface area contributed by atoms with Crippen molar-refractivity contribution in [3.05, 3.63) is 30.3 Å². The Morgan fingerprint density at radius 3 is 0.968 bits per heavy atom. The Labute approximate surface area is 192 Å². The van der Waals surface area contributed by atoms with Crippen LogP contribution in [0, 0.1) is 21.7 Å². The monoisotopic (exact) mass is 456 g/mol. The van der Waals surface area contributed by atoms with Crippen molar-refractivity contribution < 1.29 is 18.1 Å². The Hall–Kier alpha value is -0.510. The van der Waals surface area contributed by atoms with Crippen molar-refractivity contribution in [3.8, 4) is 0 Å². The van der Waals surface area contributed by atoms with E-state index in [2.05, 4.69) is 83.1 Å². The van der Waals surface area contributed by atoms with Gasteiger partial charge in [-0.1, -0.05) is 0 Å². The second kappa shape index (κ2) is 9.77. The summed E-state index contributed by atoms with van der Waals surface area (Å²) in [6.07, 6.45) is 0. The van der Waals surface area contributed by atoms with E-state index < -0.39 is 7.51 Å². The van der Waals surface area contributed by atoms with Gasteiger partial charge < -0.3 is 0 Å². The van der Waals surface area contributed by atoms with Crippen LogP contribution in [0.4, 0.5) is 0 Å². The van der Waals surface area contributed by atoms with E-state index in [1.165, 1.54) is 0 Å². The molecule has 0 heterocycles. The first-order valence-corrected chi connectivity index (χ1v) is 13.3. The Morgan fingerprint density at radius 1 is 0.484 bits per heavy atom. The predicted octanol–water partition coefficient (Wildman–Crippen LogP) is 7.78. The van der Waals surface area contributed by atoms with Gasteiger partial charge in [0, 0.05) is 0 Å². The molecule has 0 amide bonds. The second-order valence-corrected chi connectivity index (χ2v) is 16.7. The Morgan fingerprint density at radius 2 is 0.742 bits per heavy atom. The van der Waals surface area contributed by atoms with Gasteiger partial charge in [-0.15, -0.1) is 0 Å². The molecule has 0 unspecified atom stereocenters. The molecule has 1 aromatic carbocycles. The van der Waals surface area contributed by atoms with Crippen LogP contribution in [0.1, 0.15) is 83.1 Å². The van der Waals surface area contributed by atoms with Crippen molar-refractivity contribution in [3.63, 3.8) is 0 Å². The molecule has 0 aromatic heterocycles. The van der Waals surface area contributed by atoms with Crippen molar-refractivity contribution in [1.82, 2.24) is 0 Å². The van der Waals surface area contributed by atoms with Crippen LogP contribution >= 0.6 is 7.51 Å². The van der Waals surface area contributed by atoms with Crippen LogP contribution in [0.2, 0.25) is 0 Å². The van der Waals surface area contributed by atoms with Gasteiger partial charge in [0.25, 0.3) is 0 Å². The molecule has 0 bridgehead atoms. The second-order valence-electron chi connectivity index (χ2n) is 13.5. The molecule has 0 spiro atoms. The molecular weight excluding hydrogens is 407 g/mol. The van der Waals surface area contributed by atoms with Crippen molar-refractivity contribution in [2.24, 2.45) is 21.7 Å². The van der Waals surface area contributed by atoms with Gasteiger partial charge >= 0.3 is 192 Å². The zero-order chi connectivity index (χ0) is 24.2. The van der Waals surface area contributed by atoms with Gasteiger partial charge in [0.15, 0.2) is 0 Å². The summed E-state index contributed by atoms with van der Waals surface area (Å²) < 4.78 is 27.3. The molecule has 0 saturated carbocycles. The summed E-state index contributed by atoms with van der Waals surface area (Å²) in [6.45, 7) is 27.7. The van der Waals surface area contributed by atoms with E-state index in [0.717, 1.165) is 5.30 Å². The van der Waals surface area contributed by atoms with Crippen LogP contribution in [0.25, 0.3) is 0 Å². The summed E-state index contributed by atoms with van der Waals surface area (Å²) in [5, 5.41) is 0.843. The quantitative estimate of drug-likeness (QED) is 0.356. The Balaban J connectivity index is 3.73. The summed E-state index contributed by atoms with van der Waals surface area (Å²) >= 11 is 0. The minimum absolute atomic E-state index is 0.0841. The van der Waals surface area contributed by atoms with E-state index in [1.54, 1.807) is 0 Å². The zero-order valence-electron chi connectivity index (χ0n) is 22.3. The van der Waals surface area contributed by atoms with Crippen LogP contribution < -0.4 is 5.30 Å². The summed E-state index contributed by atoms with van der Waals surface area (Å²) in [7, 11) is -4.17. The van der Waals surface area contributed by atoms with E-state index >= 15 is 0 Å². The van der Waals surface area contributed by atoms with Crippen molar-refractivity contribution in [1.29, 1.82) is 0 Å². The molecule has 0 atom stereocenters. The van der Waals surface area contributed by atoms with Gasteiger partial charge in [0.2, 0.25) is 0 Å². The summed E-state index contributed by atoms with van der Waals surface area (Å²) in [4.78, 5) is 0. The molecular formula is C26H49O4P. The fraction of sp³-hybridized carbons (Fsp3) is 0.769. The first kappa shape index (κ1) is 28.5. The predicted molar refractivity (Wildman–Crippen MR) is 135 cm³/mol. The van der Waals surface area contributed by atoms with Gasteiger partial charge in [-0.3, -0.25) is 0 Å². The molecule has 0 saturated heterocycles. The average molecular weight is 457 g/mol. The third-order valence-electron chi connectivity index (χ3n) is 4.06. The zero-order valence-corrected chi connectivity index (χ0v) is 23.2. The van der Waals surface area contributed by atoms with E-state index in [-0.39, 0.29) is 21.7 Å². The standard InChI is InChI=1S/C26H49O4P/c1-23(2,3)18-27-31(28-19-24(4,5)6,29-20-25(7,8)9,30-21-26(10,11)12)22-16-14-13-15-17-22/h13-17H,18-21H2,1-12H3. The normalized spacial score (nSPS) is 15.5. The molecule has 0 fully saturated rings. The van der Waals surface area contributed by atoms with Gasteiger partial charge in [-0.2, -0.15) is 0 Å². The molecule has 0 N–H and O–H groups in total. The molecule has 1 aromatic rings.